The molecule has 0 spiro atoms. The number of hydrogen-bond acceptors (Lipinski definition) is 2. The molecule has 1 aromatic rings. The number of rotatable bonds is 3. The lowest BCUT2D eigenvalue weighted by atomic mass is 10.0. The smallest absolute Gasteiger partial charge is 0.332 e. The Morgan fingerprint density at radius 3 is 3.38 bits per heavy atom. The highest BCUT2D eigenvalue weighted by Gasteiger charge is 2.09. The van der Waals surface area contributed by atoms with Gasteiger partial charge in [-0.3, -0.25) is 0 Å². The molecule has 0 bridgehead atoms. The molecule has 4 N–H and O–H groups in total. The SMILES string of the molecule is NC(=O)N/N=C/Cc1c[nH]c2c1C=CCC2. The number of hydrazone groups is 1. The fourth-order valence-corrected chi connectivity index (χ4v) is 1.79. The fraction of sp³-hybridized carbons (Fsp3) is 0.273. The zero-order valence-corrected chi connectivity index (χ0v) is 8.86. The van der Waals surface area contributed by atoms with Crippen molar-refractivity contribution in [2.24, 2.45) is 10.8 Å². The number of fused-ring (bicyclic) bond motifs is 1. The summed E-state index contributed by atoms with van der Waals surface area (Å²) in [7, 11) is 0. The van der Waals surface area contributed by atoms with E-state index in [0.29, 0.717) is 6.42 Å². The summed E-state index contributed by atoms with van der Waals surface area (Å²) in [6.45, 7) is 0. The van der Waals surface area contributed by atoms with E-state index in [1.165, 1.54) is 16.8 Å². The van der Waals surface area contributed by atoms with Gasteiger partial charge in [0.05, 0.1) is 0 Å². The van der Waals surface area contributed by atoms with Gasteiger partial charge in [-0.15, -0.1) is 0 Å². The Morgan fingerprint density at radius 2 is 2.56 bits per heavy atom. The lowest BCUT2D eigenvalue weighted by molar-refractivity contribution is 0.249. The molecule has 0 radical (unpaired) electrons. The van der Waals surface area contributed by atoms with E-state index in [1.807, 2.05) is 6.20 Å². The van der Waals surface area contributed by atoms with Gasteiger partial charge in [-0.05, 0) is 24.0 Å². The van der Waals surface area contributed by atoms with Gasteiger partial charge in [0.2, 0.25) is 0 Å². The molecule has 2 rings (SSSR count). The van der Waals surface area contributed by atoms with Gasteiger partial charge in [0.25, 0.3) is 0 Å². The molecule has 16 heavy (non-hydrogen) atoms. The number of amides is 2. The second-order valence-corrected chi connectivity index (χ2v) is 3.64. The molecule has 0 saturated heterocycles. The van der Waals surface area contributed by atoms with Gasteiger partial charge in [0.1, 0.15) is 0 Å². The van der Waals surface area contributed by atoms with Crippen molar-refractivity contribution in [3.05, 3.63) is 29.1 Å². The van der Waals surface area contributed by atoms with Crippen molar-refractivity contribution in [1.82, 2.24) is 10.4 Å². The first-order chi connectivity index (χ1) is 7.77. The van der Waals surface area contributed by atoms with Crippen LogP contribution in [-0.4, -0.2) is 17.2 Å². The highest BCUT2D eigenvalue weighted by molar-refractivity contribution is 5.73. The molecular weight excluding hydrogens is 204 g/mol. The third-order valence-corrected chi connectivity index (χ3v) is 2.51. The maximum absolute atomic E-state index is 10.4. The Hall–Kier alpha value is -2.04. The number of aryl methyl sites for hydroxylation is 1. The van der Waals surface area contributed by atoms with Crippen LogP contribution in [0, 0.1) is 0 Å². The van der Waals surface area contributed by atoms with Crippen molar-refractivity contribution < 1.29 is 4.79 Å². The van der Waals surface area contributed by atoms with Gasteiger partial charge in [-0.2, -0.15) is 5.10 Å². The summed E-state index contributed by atoms with van der Waals surface area (Å²) in [5.74, 6) is 0. The van der Waals surface area contributed by atoms with E-state index in [0.717, 1.165) is 12.8 Å². The number of H-pyrrole nitrogens is 1. The molecule has 0 unspecified atom stereocenters. The second kappa shape index (κ2) is 4.65. The number of hydrogen-bond donors (Lipinski definition) is 3. The van der Waals surface area contributed by atoms with Gasteiger partial charge < -0.3 is 10.7 Å². The zero-order valence-electron chi connectivity index (χ0n) is 8.86. The van der Waals surface area contributed by atoms with Crippen LogP contribution < -0.4 is 11.2 Å². The molecular formula is C11H14N4O. The molecule has 1 aliphatic carbocycles. The largest absolute Gasteiger partial charge is 0.364 e. The summed E-state index contributed by atoms with van der Waals surface area (Å²) >= 11 is 0. The maximum atomic E-state index is 10.4. The number of aromatic amines is 1. The number of nitrogens with two attached hydrogens (primary N) is 1. The first kappa shape index (κ1) is 10.5. The summed E-state index contributed by atoms with van der Waals surface area (Å²) in [6.07, 6.45) is 10.7. The van der Waals surface area contributed by atoms with Crippen LogP contribution in [0.5, 0.6) is 0 Å². The van der Waals surface area contributed by atoms with Crippen molar-refractivity contribution in [2.75, 3.05) is 0 Å². The van der Waals surface area contributed by atoms with Gasteiger partial charge >= 0.3 is 6.03 Å². The van der Waals surface area contributed by atoms with Crippen molar-refractivity contribution in [1.29, 1.82) is 0 Å². The van der Waals surface area contributed by atoms with Crippen molar-refractivity contribution in [3.8, 4) is 0 Å². The minimum Gasteiger partial charge on any atom is -0.364 e. The quantitative estimate of drug-likeness (QED) is 0.516. The van der Waals surface area contributed by atoms with E-state index in [9.17, 15) is 4.79 Å². The molecule has 0 aliphatic heterocycles. The minimum atomic E-state index is -0.646. The first-order valence-electron chi connectivity index (χ1n) is 5.20. The Bertz CT molecular complexity index is 445. The summed E-state index contributed by atoms with van der Waals surface area (Å²) in [5.41, 5.74) is 10.8. The van der Waals surface area contributed by atoms with Crippen LogP contribution in [-0.2, 0) is 12.8 Å². The zero-order chi connectivity index (χ0) is 11.4. The standard InChI is InChI=1S/C11H14N4O/c12-11(16)15-14-6-5-8-7-13-10-4-2-1-3-9(8)10/h1,3,6-7,13H,2,4-5H2,(H3,12,15,16)/b14-6+. The van der Waals surface area contributed by atoms with Crippen LogP contribution in [0.1, 0.15) is 23.2 Å². The Labute approximate surface area is 93.4 Å². The average Bonchev–Trinajstić information content (AvgIpc) is 2.68. The van der Waals surface area contributed by atoms with E-state index < -0.39 is 6.03 Å². The third kappa shape index (κ3) is 2.31. The van der Waals surface area contributed by atoms with Crippen LogP contribution in [0.25, 0.3) is 6.08 Å². The Morgan fingerprint density at radius 1 is 1.69 bits per heavy atom. The van der Waals surface area contributed by atoms with Crippen molar-refractivity contribution >= 4 is 18.3 Å². The van der Waals surface area contributed by atoms with Gasteiger partial charge in [0, 0.05) is 24.5 Å². The molecule has 1 heterocycles. The van der Waals surface area contributed by atoms with E-state index in [4.69, 9.17) is 5.73 Å². The Kier molecular flexibility index (Phi) is 3.05. The normalized spacial score (nSPS) is 14.0. The van der Waals surface area contributed by atoms with Crippen LogP contribution in [0.2, 0.25) is 0 Å². The summed E-state index contributed by atoms with van der Waals surface area (Å²) in [4.78, 5) is 13.6. The van der Waals surface area contributed by atoms with Crippen LogP contribution in [0.3, 0.4) is 0 Å². The van der Waals surface area contributed by atoms with Gasteiger partial charge in [-0.1, -0.05) is 12.2 Å². The highest BCUT2D eigenvalue weighted by atomic mass is 16.2. The number of aromatic nitrogens is 1. The van der Waals surface area contributed by atoms with Crippen molar-refractivity contribution in [2.45, 2.75) is 19.3 Å². The molecule has 1 aliphatic rings. The molecule has 0 aromatic carbocycles. The number of carbonyl (C=O) groups is 1. The van der Waals surface area contributed by atoms with Gasteiger partial charge in [-0.25, -0.2) is 10.2 Å². The monoisotopic (exact) mass is 218 g/mol. The number of primary amides is 1. The Balaban J connectivity index is 2.01. The lowest BCUT2D eigenvalue weighted by Crippen LogP contribution is -2.24. The summed E-state index contributed by atoms with van der Waals surface area (Å²) < 4.78 is 0. The highest BCUT2D eigenvalue weighted by Crippen LogP contribution is 2.21. The maximum Gasteiger partial charge on any atom is 0.332 e. The predicted molar refractivity (Wildman–Crippen MR) is 63.1 cm³/mol. The number of carbonyl (C=O) groups excluding carboxylic acids is 1. The number of nitrogens with zero attached hydrogens (tertiary/aromatic N) is 1. The van der Waals surface area contributed by atoms with Gasteiger partial charge in [0.15, 0.2) is 0 Å². The van der Waals surface area contributed by atoms with E-state index >= 15 is 0 Å². The third-order valence-electron chi connectivity index (χ3n) is 2.51. The molecule has 0 saturated carbocycles. The lowest BCUT2D eigenvalue weighted by Gasteiger charge is -2.05. The number of allylic oxidation sites excluding steroid dienone is 1. The predicted octanol–water partition coefficient (Wildman–Crippen LogP) is 1.17. The molecule has 2 amide bonds. The fourth-order valence-electron chi connectivity index (χ4n) is 1.79. The van der Waals surface area contributed by atoms with E-state index in [-0.39, 0.29) is 0 Å². The molecule has 0 fully saturated rings. The average molecular weight is 218 g/mol. The van der Waals surface area contributed by atoms with Crippen LogP contribution >= 0.6 is 0 Å². The molecule has 5 nitrogen and oxygen atoms in total. The number of nitrogens with one attached hydrogen (secondary N) is 2. The second-order valence-electron chi connectivity index (χ2n) is 3.64. The van der Waals surface area contributed by atoms with E-state index in [1.54, 1.807) is 6.21 Å². The number of urea groups is 1. The molecule has 84 valence electrons. The molecule has 5 heteroatoms. The first-order valence-corrected chi connectivity index (χ1v) is 5.20. The topological polar surface area (TPSA) is 83.3 Å². The van der Waals surface area contributed by atoms with Crippen molar-refractivity contribution in [3.63, 3.8) is 0 Å². The molecule has 1 aromatic heterocycles. The van der Waals surface area contributed by atoms with E-state index in [2.05, 4.69) is 27.7 Å². The summed E-state index contributed by atoms with van der Waals surface area (Å²) in [6, 6.07) is -0.646. The minimum absolute atomic E-state index is 0.646. The van der Waals surface area contributed by atoms with Crippen LogP contribution in [0.15, 0.2) is 17.4 Å². The molecule has 0 atom stereocenters. The summed E-state index contributed by atoms with van der Waals surface area (Å²) in [5, 5.41) is 3.71. The van der Waals surface area contributed by atoms with Crippen LogP contribution in [0.4, 0.5) is 4.79 Å².